The Morgan fingerprint density at radius 1 is 1.28 bits per heavy atom. The fourth-order valence-electron chi connectivity index (χ4n) is 1.97. The summed E-state index contributed by atoms with van der Waals surface area (Å²) < 4.78 is 0. The Morgan fingerprint density at radius 3 is 2.56 bits per heavy atom. The number of amides is 1. The van der Waals surface area contributed by atoms with Crippen LogP contribution in [0.1, 0.15) is 49.7 Å². The third-order valence-electron chi connectivity index (χ3n) is 2.81. The molecule has 1 aromatic heterocycles. The highest BCUT2D eigenvalue weighted by atomic mass is 16.2. The third kappa shape index (κ3) is 3.72. The van der Waals surface area contributed by atoms with Gasteiger partial charge in [0.05, 0.1) is 0 Å². The lowest BCUT2D eigenvalue weighted by atomic mass is 10.1. The molecule has 2 N–H and O–H groups in total. The van der Waals surface area contributed by atoms with Crippen molar-refractivity contribution >= 4 is 11.7 Å². The second-order valence-electron chi connectivity index (χ2n) is 4.41. The van der Waals surface area contributed by atoms with Crippen LogP contribution in [0.25, 0.3) is 0 Å². The molecule has 0 aliphatic carbocycles. The second kappa shape index (κ2) is 6.99. The molecule has 1 rings (SSSR count). The van der Waals surface area contributed by atoms with Crippen LogP contribution in [0.4, 0.5) is 5.82 Å². The van der Waals surface area contributed by atoms with Crippen molar-refractivity contribution in [2.75, 3.05) is 18.8 Å². The number of aromatic nitrogens is 1. The standard InChI is InChI=1S/C14H23N3O/c1-4-7-12-9-11(10-13(15)16-12)14(18)17(6-3)8-5-2/h9-10H,4-8H2,1-3H3,(H2,15,16). The normalized spacial score (nSPS) is 10.4. The maximum absolute atomic E-state index is 12.3. The van der Waals surface area contributed by atoms with Crippen molar-refractivity contribution in [1.29, 1.82) is 0 Å². The Morgan fingerprint density at radius 2 is 2.00 bits per heavy atom. The molecule has 0 spiro atoms. The average molecular weight is 249 g/mol. The molecule has 0 radical (unpaired) electrons. The summed E-state index contributed by atoms with van der Waals surface area (Å²) in [7, 11) is 0. The van der Waals surface area contributed by atoms with Gasteiger partial charge in [0.15, 0.2) is 0 Å². The number of nitrogen functional groups attached to an aromatic ring is 1. The van der Waals surface area contributed by atoms with Gasteiger partial charge in [0.25, 0.3) is 5.91 Å². The number of nitrogens with zero attached hydrogens (tertiary/aromatic N) is 2. The molecule has 0 bridgehead atoms. The first-order valence-corrected chi connectivity index (χ1v) is 6.68. The van der Waals surface area contributed by atoms with E-state index in [-0.39, 0.29) is 5.91 Å². The summed E-state index contributed by atoms with van der Waals surface area (Å²) in [6.45, 7) is 7.64. The predicted octanol–water partition coefficient (Wildman–Crippen LogP) is 2.49. The zero-order valence-electron chi connectivity index (χ0n) is 11.6. The minimum atomic E-state index is 0.0470. The van der Waals surface area contributed by atoms with Crippen LogP contribution >= 0.6 is 0 Å². The quantitative estimate of drug-likeness (QED) is 0.842. The van der Waals surface area contributed by atoms with E-state index in [4.69, 9.17) is 5.73 Å². The number of carbonyl (C=O) groups is 1. The number of pyridine rings is 1. The van der Waals surface area contributed by atoms with Gasteiger partial charge < -0.3 is 10.6 Å². The topological polar surface area (TPSA) is 59.2 Å². The van der Waals surface area contributed by atoms with E-state index in [1.54, 1.807) is 6.07 Å². The van der Waals surface area contributed by atoms with E-state index in [1.807, 2.05) is 17.9 Å². The lowest BCUT2D eigenvalue weighted by Gasteiger charge is -2.20. The van der Waals surface area contributed by atoms with Crippen LogP contribution in [-0.4, -0.2) is 28.9 Å². The first-order chi connectivity index (χ1) is 8.62. The molecule has 0 aliphatic heterocycles. The number of hydrogen-bond acceptors (Lipinski definition) is 3. The molecule has 1 heterocycles. The van der Waals surface area contributed by atoms with Crippen molar-refractivity contribution < 1.29 is 4.79 Å². The van der Waals surface area contributed by atoms with Gasteiger partial charge in [-0.05, 0) is 31.9 Å². The Labute approximate surface area is 109 Å². The van der Waals surface area contributed by atoms with Gasteiger partial charge in [0, 0.05) is 24.3 Å². The van der Waals surface area contributed by atoms with Gasteiger partial charge in [0.2, 0.25) is 0 Å². The summed E-state index contributed by atoms with van der Waals surface area (Å²) in [6, 6.07) is 3.53. The average Bonchev–Trinajstić information content (AvgIpc) is 2.35. The highest BCUT2D eigenvalue weighted by Crippen LogP contribution is 2.12. The molecular weight excluding hydrogens is 226 g/mol. The van der Waals surface area contributed by atoms with Gasteiger partial charge in [-0.1, -0.05) is 20.3 Å². The molecule has 100 valence electrons. The summed E-state index contributed by atoms with van der Waals surface area (Å²) in [5.41, 5.74) is 7.31. The monoisotopic (exact) mass is 249 g/mol. The highest BCUT2D eigenvalue weighted by Gasteiger charge is 2.14. The van der Waals surface area contributed by atoms with Crippen molar-refractivity contribution in [3.8, 4) is 0 Å². The Bertz CT molecular complexity index is 404. The van der Waals surface area contributed by atoms with E-state index in [1.165, 1.54) is 0 Å². The van der Waals surface area contributed by atoms with Crippen molar-refractivity contribution in [2.24, 2.45) is 0 Å². The number of rotatable bonds is 6. The Balaban J connectivity index is 2.96. The molecule has 18 heavy (non-hydrogen) atoms. The van der Waals surface area contributed by atoms with Crippen molar-refractivity contribution in [3.63, 3.8) is 0 Å². The number of anilines is 1. The summed E-state index contributed by atoms with van der Waals surface area (Å²) in [5, 5.41) is 0. The first kappa shape index (κ1) is 14.5. The van der Waals surface area contributed by atoms with Crippen molar-refractivity contribution in [3.05, 3.63) is 23.4 Å². The maximum atomic E-state index is 12.3. The third-order valence-corrected chi connectivity index (χ3v) is 2.81. The van der Waals surface area contributed by atoms with E-state index in [0.29, 0.717) is 11.4 Å². The number of carbonyl (C=O) groups excluding carboxylic acids is 1. The van der Waals surface area contributed by atoms with Crippen molar-refractivity contribution in [1.82, 2.24) is 9.88 Å². The van der Waals surface area contributed by atoms with Crippen LogP contribution in [0.15, 0.2) is 12.1 Å². The van der Waals surface area contributed by atoms with E-state index in [2.05, 4.69) is 18.8 Å². The molecule has 0 atom stereocenters. The summed E-state index contributed by atoms with van der Waals surface area (Å²) in [4.78, 5) is 18.4. The summed E-state index contributed by atoms with van der Waals surface area (Å²) in [5.74, 6) is 0.475. The van der Waals surface area contributed by atoms with Gasteiger partial charge in [-0.25, -0.2) is 4.98 Å². The van der Waals surface area contributed by atoms with Crippen LogP contribution < -0.4 is 5.73 Å². The van der Waals surface area contributed by atoms with Crippen molar-refractivity contribution in [2.45, 2.75) is 40.0 Å². The molecule has 0 saturated heterocycles. The molecule has 0 aromatic carbocycles. The van der Waals surface area contributed by atoms with Gasteiger partial charge >= 0.3 is 0 Å². The van der Waals surface area contributed by atoms with E-state index in [0.717, 1.165) is 38.0 Å². The molecule has 4 nitrogen and oxygen atoms in total. The van der Waals surface area contributed by atoms with Crippen LogP contribution in [0.2, 0.25) is 0 Å². The SMILES string of the molecule is CCCc1cc(C(=O)N(CC)CCC)cc(N)n1. The largest absolute Gasteiger partial charge is 0.384 e. The Hall–Kier alpha value is -1.58. The molecule has 0 unspecified atom stereocenters. The van der Waals surface area contributed by atoms with Crippen LogP contribution in [-0.2, 0) is 6.42 Å². The second-order valence-corrected chi connectivity index (χ2v) is 4.41. The minimum absolute atomic E-state index is 0.0470. The van der Waals surface area contributed by atoms with Crippen LogP contribution in [0, 0.1) is 0 Å². The number of nitrogens with two attached hydrogens (primary N) is 1. The predicted molar refractivity (Wildman–Crippen MR) is 74.5 cm³/mol. The summed E-state index contributed by atoms with van der Waals surface area (Å²) >= 11 is 0. The molecule has 0 saturated carbocycles. The minimum Gasteiger partial charge on any atom is -0.384 e. The highest BCUT2D eigenvalue weighted by molar-refractivity contribution is 5.95. The Kier molecular flexibility index (Phi) is 5.62. The van der Waals surface area contributed by atoms with Crippen LogP contribution in [0.3, 0.4) is 0 Å². The number of hydrogen-bond donors (Lipinski definition) is 1. The van der Waals surface area contributed by atoms with E-state index in [9.17, 15) is 4.79 Å². The van der Waals surface area contributed by atoms with Gasteiger partial charge in [0.1, 0.15) is 5.82 Å². The number of aryl methyl sites for hydroxylation is 1. The molecule has 1 amide bonds. The fraction of sp³-hybridized carbons (Fsp3) is 0.571. The smallest absolute Gasteiger partial charge is 0.254 e. The maximum Gasteiger partial charge on any atom is 0.254 e. The zero-order chi connectivity index (χ0) is 13.5. The molecule has 0 fully saturated rings. The van der Waals surface area contributed by atoms with Crippen LogP contribution in [0.5, 0.6) is 0 Å². The molecular formula is C14H23N3O. The van der Waals surface area contributed by atoms with Gasteiger partial charge in [-0.2, -0.15) is 0 Å². The van der Waals surface area contributed by atoms with E-state index < -0.39 is 0 Å². The van der Waals surface area contributed by atoms with E-state index >= 15 is 0 Å². The lowest BCUT2D eigenvalue weighted by Crippen LogP contribution is -2.31. The fourth-order valence-corrected chi connectivity index (χ4v) is 1.97. The zero-order valence-corrected chi connectivity index (χ0v) is 11.6. The molecule has 0 aliphatic rings. The lowest BCUT2D eigenvalue weighted by molar-refractivity contribution is 0.0764. The van der Waals surface area contributed by atoms with Gasteiger partial charge in [-0.3, -0.25) is 4.79 Å². The molecule has 4 heteroatoms. The molecule has 1 aromatic rings. The first-order valence-electron chi connectivity index (χ1n) is 6.68. The van der Waals surface area contributed by atoms with Gasteiger partial charge in [-0.15, -0.1) is 0 Å². The summed E-state index contributed by atoms with van der Waals surface area (Å²) in [6.07, 6.45) is 2.81.